The number of carbonyl (C=O) groups is 1. The third-order valence-corrected chi connectivity index (χ3v) is 5.67. The van der Waals surface area contributed by atoms with E-state index in [2.05, 4.69) is 21.7 Å². The minimum Gasteiger partial charge on any atom is -0.489 e. The molecule has 1 aliphatic carbocycles. The lowest BCUT2D eigenvalue weighted by atomic mass is 10.1. The van der Waals surface area contributed by atoms with Gasteiger partial charge in [0.15, 0.2) is 0 Å². The number of pyridine rings is 1. The molecule has 2 amide bonds. The maximum Gasteiger partial charge on any atom is 0.319 e. The number of anilines is 1. The van der Waals surface area contributed by atoms with Crippen LogP contribution in [-0.4, -0.2) is 17.1 Å². The molecule has 1 aliphatic rings. The molecule has 1 fully saturated rings. The standard InChI is InChI=1S/C27H28N4O3/c28-15-14-20-10-12-24(13-11-20)33-19-21-5-3-7-23(17-21)31-27(32)30-18-22-6-4-16-29-26(22)34-25-8-1-2-9-25/h3-7,10-13,16-17,25H,1-2,8-9,14,18-19H2,(H2,30,31,32). The quantitative estimate of drug-likeness (QED) is 0.451. The lowest BCUT2D eigenvalue weighted by Gasteiger charge is -2.15. The van der Waals surface area contributed by atoms with E-state index < -0.39 is 0 Å². The molecule has 1 aromatic heterocycles. The van der Waals surface area contributed by atoms with Gasteiger partial charge in [0, 0.05) is 24.0 Å². The van der Waals surface area contributed by atoms with Gasteiger partial charge in [0.25, 0.3) is 0 Å². The Labute approximate surface area is 199 Å². The van der Waals surface area contributed by atoms with Crippen LogP contribution in [-0.2, 0) is 19.6 Å². The SMILES string of the molecule is N#CCc1ccc(OCc2cccc(NC(=O)NCc3cccnc3OC3CCCC3)c2)cc1. The van der Waals surface area contributed by atoms with Crippen LogP contribution in [0.15, 0.2) is 66.9 Å². The number of rotatable bonds is 9. The van der Waals surface area contributed by atoms with Crippen LogP contribution in [0, 0.1) is 11.3 Å². The molecule has 174 valence electrons. The van der Waals surface area contributed by atoms with Gasteiger partial charge in [-0.1, -0.05) is 30.3 Å². The van der Waals surface area contributed by atoms with E-state index in [9.17, 15) is 4.79 Å². The van der Waals surface area contributed by atoms with E-state index >= 15 is 0 Å². The van der Waals surface area contributed by atoms with Gasteiger partial charge in [-0.2, -0.15) is 5.26 Å². The Balaban J connectivity index is 1.27. The third-order valence-electron chi connectivity index (χ3n) is 5.67. The average molecular weight is 457 g/mol. The zero-order valence-corrected chi connectivity index (χ0v) is 19.0. The Kier molecular flexibility index (Phi) is 7.96. The Bertz CT molecular complexity index is 1140. The first-order valence-corrected chi connectivity index (χ1v) is 11.5. The molecule has 3 aromatic rings. The molecule has 1 saturated carbocycles. The Morgan fingerprint density at radius 2 is 1.88 bits per heavy atom. The smallest absolute Gasteiger partial charge is 0.319 e. The summed E-state index contributed by atoms with van der Waals surface area (Å²) in [5.74, 6) is 1.32. The molecule has 0 bridgehead atoms. The van der Waals surface area contributed by atoms with E-state index in [1.807, 2.05) is 60.7 Å². The maximum absolute atomic E-state index is 12.5. The van der Waals surface area contributed by atoms with Gasteiger partial charge in [-0.3, -0.25) is 0 Å². The zero-order chi connectivity index (χ0) is 23.6. The van der Waals surface area contributed by atoms with Crippen molar-refractivity contribution in [3.8, 4) is 17.7 Å². The minimum absolute atomic E-state index is 0.211. The van der Waals surface area contributed by atoms with Gasteiger partial charge in [-0.15, -0.1) is 0 Å². The van der Waals surface area contributed by atoms with Crippen molar-refractivity contribution in [2.75, 3.05) is 5.32 Å². The number of ether oxygens (including phenoxy) is 2. The van der Waals surface area contributed by atoms with Crippen molar-refractivity contribution in [3.05, 3.63) is 83.6 Å². The predicted octanol–water partition coefficient (Wildman–Crippen LogP) is 5.37. The molecule has 0 radical (unpaired) electrons. The van der Waals surface area contributed by atoms with Crippen LogP contribution in [0.5, 0.6) is 11.6 Å². The molecule has 7 heteroatoms. The molecule has 0 spiro atoms. The summed E-state index contributed by atoms with van der Waals surface area (Å²) in [5.41, 5.74) is 3.41. The van der Waals surface area contributed by atoms with Crippen LogP contribution in [0.4, 0.5) is 10.5 Å². The fourth-order valence-corrected chi connectivity index (χ4v) is 3.88. The fraction of sp³-hybridized carbons (Fsp3) is 0.296. The summed E-state index contributed by atoms with van der Waals surface area (Å²) in [6, 6.07) is 20.6. The second kappa shape index (κ2) is 11.7. The van der Waals surface area contributed by atoms with E-state index in [0.29, 0.717) is 31.1 Å². The average Bonchev–Trinajstić information content (AvgIpc) is 3.37. The number of hydrogen-bond acceptors (Lipinski definition) is 5. The number of aromatic nitrogens is 1. The number of benzene rings is 2. The molecular formula is C27H28N4O3. The van der Waals surface area contributed by atoms with Crippen molar-refractivity contribution in [1.82, 2.24) is 10.3 Å². The van der Waals surface area contributed by atoms with Gasteiger partial charge in [0.05, 0.1) is 12.5 Å². The summed E-state index contributed by atoms with van der Waals surface area (Å²) >= 11 is 0. The summed E-state index contributed by atoms with van der Waals surface area (Å²) in [5, 5.41) is 14.5. The number of nitriles is 1. The zero-order valence-electron chi connectivity index (χ0n) is 19.0. The number of amides is 2. The fourth-order valence-electron chi connectivity index (χ4n) is 3.88. The largest absolute Gasteiger partial charge is 0.489 e. The molecule has 1 heterocycles. The second-order valence-corrected chi connectivity index (χ2v) is 8.27. The molecular weight excluding hydrogens is 428 g/mol. The molecule has 0 unspecified atom stereocenters. The highest BCUT2D eigenvalue weighted by molar-refractivity contribution is 5.89. The summed E-state index contributed by atoms with van der Waals surface area (Å²) in [7, 11) is 0. The topological polar surface area (TPSA) is 96.3 Å². The Morgan fingerprint density at radius 3 is 2.68 bits per heavy atom. The van der Waals surface area contributed by atoms with Crippen molar-refractivity contribution in [3.63, 3.8) is 0 Å². The maximum atomic E-state index is 12.5. The summed E-state index contributed by atoms with van der Waals surface area (Å²) in [6.45, 7) is 0.693. The molecule has 0 saturated heterocycles. The number of carbonyl (C=O) groups excluding carboxylic acids is 1. The number of nitrogens with one attached hydrogen (secondary N) is 2. The first-order valence-electron chi connectivity index (χ1n) is 11.5. The van der Waals surface area contributed by atoms with Crippen molar-refractivity contribution in [2.45, 2.75) is 51.4 Å². The second-order valence-electron chi connectivity index (χ2n) is 8.27. The van der Waals surface area contributed by atoms with Crippen LogP contribution in [0.2, 0.25) is 0 Å². The van der Waals surface area contributed by atoms with E-state index in [1.54, 1.807) is 6.20 Å². The monoisotopic (exact) mass is 456 g/mol. The highest BCUT2D eigenvalue weighted by atomic mass is 16.5. The molecule has 2 aromatic carbocycles. The third kappa shape index (κ3) is 6.72. The highest BCUT2D eigenvalue weighted by Gasteiger charge is 2.18. The van der Waals surface area contributed by atoms with Gasteiger partial charge in [-0.25, -0.2) is 9.78 Å². The molecule has 0 aliphatic heterocycles. The first-order chi connectivity index (χ1) is 16.7. The van der Waals surface area contributed by atoms with Crippen molar-refractivity contribution in [2.24, 2.45) is 0 Å². The summed E-state index contributed by atoms with van der Waals surface area (Å²) in [6.07, 6.45) is 6.78. The molecule has 4 rings (SSSR count). The number of nitrogens with zero attached hydrogens (tertiary/aromatic N) is 2. The van der Waals surface area contributed by atoms with E-state index in [4.69, 9.17) is 14.7 Å². The van der Waals surface area contributed by atoms with Crippen LogP contribution >= 0.6 is 0 Å². The van der Waals surface area contributed by atoms with Crippen molar-refractivity contribution < 1.29 is 14.3 Å². The summed E-state index contributed by atoms with van der Waals surface area (Å²) < 4.78 is 11.9. The van der Waals surface area contributed by atoms with Gasteiger partial charge < -0.3 is 20.1 Å². The predicted molar refractivity (Wildman–Crippen MR) is 130 cm³/mol. The van der Waals surface area contributed by atoms with Crippen molar-refractivity contribution in [1.29, 1.82) is 5.26 Å². The van der Waals surface area contributed by atoms with Gasteiger partial charge in [-0.05, 0) is 67.1 Å². The van der Waals surface area contributed by atoms with Crippen LogP contribution in [0.3, 0.4) is 0 Å². The molecule has 2 N–H and O–H groups in total. The van der Waals surface area contributed by atoms with E-state index in [1.165, 1.54) is 12.8 Å². The van der Waals surface area contributed by atoms with Gasteiger partial charge in [0.2, 0.25) is 5.88 Å². The first kappa shape index (κ1) is 23.1. The van der Waals surface area contributed by atoms with Gasteiger partial charge >= 0.3 is 6.03 Å². The minimum atomic E-state index is -0.304. The van der Waals surface area contributed by atoms with E-state index in [0.717, 1.165) is 35.3 Å². The Morgan fingerprint density at radius 1 is 1.06 bits per heavy atom. The van der Waals surface area contributed by atoms with Crippen LogP contribution < -0.4 is 20.1 Å². The lowest BCUT2D eigenvalue weighted by molar-refractivity contribution is 0.199. The van der Waals surface area contributed by atoms with Crippen LogP contribution in [0.25, 0.3) is 0 Å². The Hall–Kier alpha value is -4.05. The molecule has 0 atom stereocenters. The normalized spacial score (nSPS) is 13.1. The number of hydrogen-bond donors (Lipinski definition) is 2. The summed E-state index contributed by atoms with van der Waals surface area (Å²) in [4.78, 5) is 16.8. The van der Waals surface area contributed by atoms with Crippen LogP contribution in [0.1, 0.15) is 42.4 Å². The van der Waals surface area contributed by atoms with Gasteiger partial charge in [0.1, 0.15) is 18.5 Å². The lowest BCUT2D eigenvalue weighted by Crippen LogP contribution is -2.28. The highest BCUT2D eigenvalue weighted by Crippen LogP contribution is 2.25. The van der Waals surface area contributed by atoms with Crippen molar-refractivity contribution >= 4 is 11.7 Å². The molecule has 7 nitrogen and oxygen atoms in total. The van der Waals surface area contributed by atoms with E-state index in [-0.39, 0.29) is 12.1 Å². The number of urea groups is 1. The molecule has 34 heavy (non-hydrogen) atoms.